The Bertz CT molecular complexity index is 728. The Kier molecular flexibility index (Phi) is 5.15. The molecular weight excluding hydrogens is 356 g/mol. The van der Waals surface area contributed by atoms with Crippen molar-refractivity contribution >= 4 is 26.0 Å². The highest BCUT2D eigenvalue weighted by molar-refractivity contribution is 9.10. The fraction of sp³-hybridized carbons (Fsp3) is 0.308. The highest BCUT2D eigenvalue weighted by Gasteiger charge is 2.17. The van der Waals surface area contributed by atoms with E-state index in [1.165, 1.54) is 0 Å². The van der Waals surface area contributed by atoms with E-state index in [0.717, 1.165) is 11.1 Å². The number of rotatable bonds is 6. The zero-order valence-electron chi connectivity index (χ0n) is 11.6. The normalized spacial score (nSPS) is 11.8. The van der Waals surface area contributed by atoms with Gasteiger partial charge in [-0.05, 0) is 45.6 Å². The minimum absolute atomic E-state index is 0.205. The van der Waals surface area contributed by atoms with Crippen LogP contribution in [0.2, 0.25) is 0 Å². The van der Waals surface area contributed by atoms with Crippen molar-refractivity contribution in [1.82, 2.24) is 14.5 Å². The van der Waals surface area contributed by atoms with Crippen LogP contribution < -0.4 is 10.5 Å². The second kappa shape index (κ2) is 6.69. The van der Waals surface area contributed by atoms with Gasteiger partial charge in [0, 0.05) is 30.8 Å². The number of sulfonamides is 1. The predicted molar refractivity (Wildman–Crippen MR) is 84.1 cm³/mol. The van der Waals surface area contributed by atoms with E-state index in [-0.39, 0.29) is 4.90 Å². The maximum Gasteiger partial charge on any atom is 0.241 e. The van der Waals surface area contributed by atoms with E-state index in [1.807, 2.05) is 13.2 Å². The molecule has 0 aliphatic rings. The summed E-state index contributed by atoms with van der Waals surface area (Å²) >= 11 is 3.26. The zero-order valence-corrected chi connectivity index (χ0v) is 14.0. The molecule has 0 bridgehead atoms. The molecule has 2 rings (SSSR count). The van der Waals surface area contributed by atoms with Crippen LogP contribution in [0.25, 0.3) is 0 Å². The SMILES string of the molecule is Cn1cc(CCNS(=O)(=O)c2cc(CN)ccc2Br)cn1. The molecule has 0 amide bonds. The molecule has 0 aliphatic heterocycles. The van der Waals surface area contributed by atoms with Gasteiger partial charge in [0.05, 0.1) is 11.1 Å². The molecule has 0 fully saturated rings. The van der Waals surface area contributed by atoms with Crippen molar-refractivity contribution in [3.63, 3.8) is 0 Å². The summed E-state index contributed by atoms with van der Waals surface area (Å²) in [6, 6.07) is 5.06. The standard InChI is InChI=1S/C13H17BrN4O2S/c1-18-9-11(8-16-18)4-5-17-21(19,20)13-6-10(7-15)2-3-12(13)14/h2-3,6,8-9,17H,4-5,7,15H2,1H3. The first-order chi connectivity index (χ1) is 9.92. The molecule has 0 saturated carbocycles. The first-order valence-corrected chi connectivity index (χ1v) is 8.65. The van der Waals surface area contributed by atoms with Crippen LogP contribution >= 0.6 is 15.9 Å². The largest absolute Gasteiger partial charge is 0.326 e. The highest BCUT2D eigenvalue weighted by atomic mass is 79.9. The number of aryl methyl sites for hydroxylation is 1. The fourth-order valence-electron chi connectivity index (χ4n) is 1.89. The number of hydrogen-bond acceptors (Lipinski definition) is 4. The van der Waals surface area contributed by atoms with E-state index >= 15 is 0 Å². The zero-order chi connectivity index (χ0) is 15.5. The van der Waals surface area contributed by atoms with Crippen molar-refractivity contribution in [3.8, 4) is 0 Å². The van der Waals surface area contributed by atoms with Gasteiger partial charge in [-0.15, -0.1) is 0 Å². The molecule has 0 spiro atoms. The second-order valence-corrected chi connectivity index (χ2v) is 7.23. The van der Waals surface area contributed by atoms with E-state index in [9.17, 15) is 8.42 Å². The van der Waals surface area contributed by atoms with Gasteiger partial charge in [0.25, 0.3) is 0 Å². The van der Waals surface area contributed by atoms with Crippen molar-refractivity contribution in [2.75, 3.05) is 6.54 Å². The Morgan fingerprint density at radius 2 is 2.14 bits per heavy atom. The number of nitrogens with zero attached hydrogens (tertiary/aromatic N) is 2. The molecule has 6 nitrogen and oxygen atoms in total. The van der Waals surface area contributed by atoms with Crippen LogP contribution in [0, 0.1) is 0 Å². The Morgan fingerprint density at radius 3 is 2.76 bits per heavy atom. The number of nitrogens with one attached hydrogen (secondary N) is 1. The van der Waals surface area contributed by atoms with Gasteiger partial charge in [-0.3, -0.25) is 4.68 Å². The minimum atomic E-state index is -3.57. The van der Waals surface area contributed by atoms with E-state index in [1.54, 1.807) is 29.1 Å². The van der Waals surface area contributed by atoms with Crippen molar-refractivity contribution in [2.24, 2.45) is 12.8 Å². The van der Waals surface area contributed by atoms with Crippen LogP contribution in [0.4, 0.5) is 0 Å². The molecule has 0 aliphatic carbocycles. The third-order valence-electron chi connectivity index (χ3n) is 2.98. The summed E-state index contributed by atoms with van der Waals surface area (Å²) in [7, 11) is -1.74. The van der Waals surface area contributed by atoms with E-state index in [0.29, 0.717) is 24.0 Å². The molecule has 1 heterocycles. The topological polar surface area (TPSA) is 90.0 Å². The van der Waals surface area contributed by atoms with Crippen molar-refractivity contribution < 1.29 is 8.42 Å². The number of nitrogens with two attached hydrogens (primary N) is 1. The number of benzene rings is 1. The van der Waals surface area contributed by atoms with Crippen molar-refractivity contribution in [2.45, 2.75) is 17.9 Å². The lowest BCUT2D eigenvalue weighted by atomic mass is 10.2. The number of halogens is 1. The number of aromatic nitrogens is 2. The third-order valence-corrected chi connectivity index (χ3v) is 5.44. The molecule has 0 saturated heterocycles. The predicted octanol–water partition coefficient (Wildman–Crippen LogP) is 1.16. The summed E-state index contributed by atoms with van der Waals surface area (Å²) in [4.78, 5) is 0.205. The Labute approximate surface area is 132 Å². The van der Waals surface area contributed by atoms with Gasteiger partial charge in [-0.25, -0.2) is 13.1 Å². The Morgan fingerprint density at radius 1 is 1.38 bits per heavy atom. The molecule has 0 atom stereocenters. The monoisotopic (exact) mass is 372 g/mol. The lowest BCUT2D eigenvalue weighted by molar-refractivity contribution is 0.581. The molecule has 3 N–H and O–H groups in total. The van der Waals surface area contributed by atoms with Gasteiger partial charge in [-0.1, -0.05) is 6.07 Å². The van der Waals surface area contributed by atoms with Gasteiger partial charge in [0.15, 0.2) is 0 Å². The molecule has 0 unspecified atom stereocenters. The number of hydrogen-bond donors (Lipinski definition) is 2. The minimum Gasteiger partial charge on any atom is -0.326 e. The first-order valence-electron chi connectivity index (χ1n) is 6.38. The van der Waals surface area contributed by atoms with Crippen LogP contribution in [0.1, 0.15) is 11.1 Å². The van der Waals surface area contributed by atoms with E-state index in [4.69, 9.17) is 5.73 Å². The maximum absolute atomic E-state index is 12.3. The third kappa shape index (κ3) is 4.13. The fourth-order valence-corrected chi connectivity index (χ4v) is 3.93. The van der Waals surface area contributed by atoms with Crippen LogP contribution in [0.15, 0.2) is 40.0 Å². The van der Waals surface area contributed by atoms with Crippen LogP contribution in [0.3, 0.4) is 0 Å². The molecule has 21 heavy (non-hydrogen) atoms. The Hall–Kier alpha value is -1.22. The van der Waals surface area contributed by atoms with Gasteiger partial charge < -0.3 is 5.73 Å². The molecule has 8 heteroatoms. The first kappa shape index (κ1) is 16.2. The summed E-state index contributed by atoms with van der Waals surface area (Å²) in [5, 5.41) is 4.04. The highest BCUT2D eigenvalue weighted by Crippen LogP contribution is 2.23. The summed E-state index contributed by atoms with van der Waals surface area (Å²) in [5.74, 6) is 0. The summed E-state index contributed by atoms with van der Waals surface area (Å²) in [6.07, 6.45) is 4.17. The smallest absolute Gasteiger partial charge is 0.241 e. The average Bonchev–Trinajstić information content (AvgIpc) is 2.84. The van der Waals surface area contributed by atoms with Gasteiger partial charge in [-0.2, -0.15) is 5.10 Å². The summed E-state index contributed by atoms with van der Waals surface area (Å²) < 4.78 is 29.4. The van der Waals surface area contributed by atoms with Crippen molar-refractivity contribution in [3.05, 3.63) is 46.2 Å². The molecule has 0 radical (unpaired) electrons. The average molecular weight is 373 g/mol. The molecule has 1 aromatic carbocycles. The Balaban J connectivity index is 2.07. The lowest BCUT2D eigenvalue weighted by Gasteiger charge is -2.09. The van der Waals surface area contributed by atoms with Gasteiger partial charge >= 0.3 is 0 Å². The van der Waals surface area contributed by atoms with Gasteiger partial charge in [0.2, 0.25) is 10.0 Å². The van der Waals surface area contributed by atoms with E-state index < -0.39 is 10.0 Å². The second-order valence-electron chi connectivity index (χ2n) is 4.64. The molecule has 2 aromatic rings. The van der Waals surface area contributed by atoms with Gasteiger partial charge in [0.1, 0.15) is 0 Å². The summed E-state index contributed by atoms with van der Waals surface area (Å²) in [5.41, 5.74) is 7.30. The van der Waals surface area contributed by atoms with Crippen LogP contribution in [-0.4, -0.2) is 24.7 Å². The quantitative estimate of drug-likeness (QED) is 0.795. The lowest BCUT2D eigenvalue weighted by Crippen LogP contribution is -2.26. The van der Waals surface area contributed by atoms with E-state index in [2.05, 4.69) is 25.8 Å². The van der Waals surface area contributed by atoms with Crippen LogP contribution in [-0.2, 0) is 30.0 Å². The van der Waals surface area contributed by atoms with Crippen LogP contribution in [0.5, 0.6) is 0 Å². The van der Waals surface area contributed by atoms with Crippen molar-refractivity contribution in [1.29, 1.82) is 0 Å². The molecule has 114 valence electrons. The molecule has 1 aromatic heterocycles. The maximum atomic E-state index is 12.3. The molecular formula is C13H17BrN4O2S. The summed E-state index contributed by atoms with van der Waals surface area (Å²) in [6.45, 7) is 0.610.